The number of nitrogens with zero attached hydrogens (tertiary/aromatic N) is 3. The summed E-state index contributed by atoms with van der Waals surface area (Å²) in [5.74, 6) is 0.375. The smallest absolute Gasteiger partial charge is 0.354 e. The molecule has 1 fully saturated rings. The number of pyridine rings is 1. The van der Waals surface area contributed by atoms with Gasteiger partial charge in [0.1, 0.15) is 5.69 Å². The number of carboxylic acid groups (broad SMARTS) is 1. The van der Waals surface area contributed by atoms with Crippen molar-refractivity contribution in [2.75, 3.05) is 0 Å². The van der Waals surface area contributed by atoms with Gasteiger partial charge in [-0.3, -0.25) is 0 Å². The van der Waals surface area contributed by atoms with Gasteiger partial charge in [0.15, 0.2) is 0 Å². The topological polar surface area (TPSA) is 89.1 Å². The van der Waals surface area contributed by atoms with Gasteiger partial charge in [-0.2, -0.15) is 4.98 Å². The Kier molecular flexibility index (Phi) is 2.36. The van der Waals surface area contributed by atoms with E-state index in [1.165, 1.54) is 6.07 Å². The summed E-state index contributed by atoms with van der Waals surface area (Å²) in [7, 11) is 0. The zero-order valence-electron chi connectivity index (χ0n) is 9.75. The van der Waals surface area contributed by atoms with E-state index in [0.29, 0.717) is 28.9 Å². The molecule has 6 heteroatoms. The fraction of sp³-hybridized carbons (Fsp3) is 0.333. The first kappa shape index (κ1) is 10.9. The second kappa shape index (κ2) is 3.90. The summed E-state index contributed by atoms with van der Waals surface area (Å²) < 4.78 is 5.15. The van der Waals surface area contributed by atoms with Crippen LogP contribution in [0.5, 0.6) is 0 Å². The number of aromatic nitrogens is 3. The molecular weight excluding hydrogens is 234 g/mol. The van der Waals surface area contributed by atoms with Gasteiger partial charge in [-0.1, -0.05) is 5.16 Å². The highest BCUT2D eigenvalue weighted by Gasteiger charge is 2.29. The van der Waals surface area contributed by atoms with E-state index in [-0.39, 0.29) is 5.69 Å². The summed E-state index contributed by atoms with van der Waals surface area (Å²) in [5, 5.41) is 12.8. The summed E-state index contributed by atoms with van der Waals surface area (Å²) in [5.41, 5.74) is 1.22. The Morgan fingerprint density at radius 2 is 2.17 bits per heavy atom. The maximum Gasteiger partial charge on any atom is 0.354 e. The van der Waals surface area contributed by atoms with Crippen molar-refractivity contribution < 1.29 is 14.4 Å². The Morgan fingerprint density at radius 3 is 2.83 bits per heavy atom. The van der Waals surface area contributed by atoms with Crippen molar-refractivity contribution in [2.24, 2.45) is 0 Å². The molecule has 2 aromatic heterocycles. The first-order valence-electron chi connectivity index (χ1n) is 5.69. The van der Waals surface area contributed by atoms with Gasteiger partial charge in [0.05, 0.1) is 0 Å². The van der Waals surface area contributed by atoms with Crippen LogP contribution in [0.25, 0.3) is 11.4 Å². The lowest BCUT2D eigenvalue weighted by Crippen LogP contribution is -2.02. The first-order valence-corrected chi connectivity index (χ1v) is 5.69. The minimum atomic E-state index is -1.06. The Bertz CT molecular complexity index is 617. The normalized spacial score (nSPS) is 14.7. The molecule has 0 radical (unpaired) electrons. The monoisotopic (exact) mass is 245 g/mol. The average molecular weight is 245 g/mol. The molecular formula is C12H11N3O3. The lowest BCUT2D eigenvalue weighted by atomic mass is 10.2. The van der Waals surface area contributed by atoms with E-state index in [4.69, 9.17) is 9.63 Å². The van der Waals surface area contributed by atoms with E-state index in [9.17, 15) is 4.79 Å². The van der Waals surface area contributed by atoms with Gasteiger partial charge >= 0.3 is 5.97 Å². The number of aromatic carboxylic acids is 1. The highest BCUT2D eigenvalue weighted by molar-refractivity contribution is 5.86. The van der Waals surface area contributed by atoms with Crippen LogP contribution in [-0.2, 0) is 0 Å². The van der Waals surface area contributed by atoms with Crippen LogP contribution in [0.15, 0.2) is 16.7 Å². The van der Waals surface area contributed by atoms with Crippen LogP contribution in [0.1, 0.15) is 40.8 Å². The van der Waals surface area contributed by atoms with E-state index in [0.717, 1.165) is 12.8 Å². The molecule has 0 saturated heterocycles. The zero-order chi connectivity index (χ0) is 12.7. The van der Waals surface area contributed by atoms with Gasteiger partial charge in [0.25, 0.3) is 0 Å². The molecule has 1 aliphatic carbocycles. The molecule has 0 spiro atoms. The van der Waals surface area contributed by atoms with Crippen LogP contribution in [-0.4, -0.2) is 26.2 Å². The number of hydrogen-bond acceptors (Lipinski definition) is 5. The third-order valence-corrected chi connectivity index (χ3v) is 2.80. The fourth-order valence-electron chi connectivity index (χ4n) is 1.76. The molecule has 92 valence electrons. The largest absolute Gasteiger partial charge is 0.477 e. The maximum atomic E-state index is 10.9. The standard InChI is InChI=1S/C12H11N3O3/c1-6-4-8(5-9(13-6)12(16)17)10-14-11(18-15-10)7-2-3-7/h4-5,7H,2-3H2,1H3,(H,16,17). The Labute approximate surface area is 103 Å². The van der Waals surface area contributed by atoms with Crippen molar-refractivity contribution in [3.05, 3.63) is 29.4 Å². The number of aryl methyl sites for hydroxylation is 1. The molecule has 0 unspecified atom stereocenters. The van der Waals surface area contributed by atoms with Gasteiger partial charge in [0, 0.05) is 17.2 Å². The summed E-state index contributed by atoms with van der Waals surface area (Å²) in [6.45, 7) is 1.73. The molecule has 0 aromatic carbocycles. The average Bonchev–Trinajstić information content (AvgIpc) is 3.06. The van der Waals surface area contributed by atoms with Crippen molar-refractivity contribution in [3.63, 3.8) is 0 Å². The second-order valence-electron chi connectivity index (χ2n) is 4.42. The van der Waals surface area contributed by atoms with Crippen LogP contribution in [0.2, 0.25) is 0 Å². The van der Waals surface area contributed by atoms with Crippen LogP contribution in [0, 0.1) is 6.92 Å². The van der Waals surface area contributed by atoms with Gasteiger partial charge in [-0.05, 0) is 31.9 Å². The molecule has 18 heavy (non-hydrogen) atoms. The molecule has 1 N–H and O–H groups in total. The number of rotatable bonds is 3. The summed E-state index contributed by atoms with van der Waals surface area (Å²) >= 11 is 0. The van der Waals surface area contributed by atoms with Crippen molar-refractivity contribution in [3.8, 4) is 11.4 Å². The molecule has 0 aliphatic heterocycles. The quantitative estimate of drug-likeness (QED) is 0.889. The molecule has 0 amide bonds. The minimum Gasteiger partial charge on any atom is -0.477 e. The van der Waals surface area contributed by atoms with E-state index < -0.39 is 5.97 Å². The number of carbonyl (C=O) groups is 1. The van der Waals surface area contributed by atoms with Gasteiger partial charge < -0.3 is 9.63 Å². The van der Waals surface area contributed by atoms with E-state index in [2.05, 4.69) is 15.1 Å². The molecule has 3 rings (SSSR count). The van der Waals surface area contributed by atoms with Crippen molar-refractivity contribution in [1.29, 1.82) is 0 Å². The Hall–Kier alpha value is -2.24. The summed E-state index contributed by atoms with van der Waals surface area (Å²) in [6, 6.07) is 3.20. The summed E-state index contributed by atoms with van der Waals surface area (Å²) in [6.07, 6.45) is 2.16. The predicted molar refractivity (Wildman–Crippen MR) is 61.2 cm³/mol. The minimum absolute atomic E-state index is 0.0113. The van der Waals surface area contributed by atoms with Gasteiger partial charge in [-0.25, -0.2) is 9.78 Å². The second-order valence-corrected chi connectivity index (χ2v) is 4.42. The molecule has 0 bridgehead atoms. The number of hydrogen-bond donors (Lipinski definition) is 1. The van der Waals surface area contributed by atoms with Crippen molar-refractivity contribution >= 4 is 5.97 Å². The SMILES string of the molecule is Cc1cc(-c2noc(C3CC3)n2)cc(C(=O)O)n1. The number of carboxylic acids is 1. The molecule has 2 heterocycles. The highest BCUT2D eigenvalue weighted by atomic mass is 16.5. The molecule has 1 saturated carbocycles. The summed E-state index contributed by atoms with van der Waals surface area (Å²) in [4.78, 5) is 19.1. The van der Waals surface area contributed by atoms with E-state index >= 15 is 0 Å². The lowest BCUT2D eigenvalue weighted by molar-refractivity contribution is 0.0690. The van der Waals surface area contributed by atoms with E-state index in [1.807, 2.05) is 0 Å². The molecule has 0 atom stereocenters. The molecule has 6 nitrogen and oxygen atoms in total. The Balaban J connectivity index is 2.01. The van der Waals surface area contributed by atoms with Crippen LogP contribution in [0.4, 0.5) is 0 Å². The highest BCUT2D eigenvalue weighted by Crippen LogP contribution is 2.39. The van der Waals surface area contributed by atoms with Crippen LogP contribution in [0.3, 0.4) is 0 Å². The fourth-order valence-corrected chi connectivity index (χ4v) is 1.76. The van der Waals surface area contributed by atoms with E-state index in [1.54, 1.807) is 13.0 Å². The zero-order valence-corrected chi connectivity index (χ0v) is 9.75. The maximum absolute atomic E-state index is 10.9. The van der Waals surface area contributed by atoms with Crippen molar-refractivity contribution in [2.45, 2.75) is 25.7 Å². The Morgan fingerprint density at radius 1 is 1.39 bits per heavy atom. The third kappa shape index (κ3) is 1.97. The van der Waals surface area contributed by atoms with Crippen LogP contribution >= 0.6 is 0 Å². The first-order chi connectivity index (χ1) is 8.63. The van der Waals surface area contributed by atoms with Gasteiger partial charge in [0.2, 0.25) is 11.7 Å². The van der Waals surface area contributed by atoms with Crippen molar-refractivity contribution in [1.82, 2.24) is 15.1 Å². The third-order valence-electron chi connectivity index (χ3n) is 2.80. The molecule has 1 aliphatic rings. The lowest BCUT2D eigenvalue weighted by Gasteiger charge is -1.99. The van der Waals surface area contributed by atoms with Gasteiger partial charge in [-0.15, -0.1) is 0 Å². The molecule has 2 aromatic rings. The predicted octanol–water partition coefficient (Wildman–Crippen LogP) is 2.02. The van der Waals surface area contributed by atoms with Crippen LogP contribution < -0.4 is 0 Å².